The van der Waals surface area contributed by atoms with E-state index in [2.05, 4.69) is 27.8 Å². The molecule has 0 amide bonds. The second-order valence-electron chi connectivity index (χ2n) is 5.34. The summed E-state index contributed by atoms with van der Waals surface area (Å²) in [5.74, 6) is 0.783. The van der Waals surface area contributed by atoms with Gasteiger partial charge in [-0.15, -0.1) is 0 Å². The first-order valence-corrected chi connectivity index (χ1v) is 7.17. The monoisotopic (exact) mass is 274 g/mol. The van der Waals surface area contributed by atoms with Gasteiger partial charge in [-0.05, 0) is 25.5 Å². The molecule has 1 aliphatic rings. The molecule has 1 aromatic heterocycles. The second kappa shape index (κ2) is 6.69. The predicted octanol–water partition coefficient (Wildman–Crippen LogP) is 1.23. The zero-order valence-corrected chi connectivity index (χ0v) is 12.2. The number of aliphatic hydroxyl groups excluding tert-OH is 1. The Hall–Kier alpha value is -1.64. The molecular formula is C15H22N4O. The molecule has 2 rings (SSSR count). The molecule has 5 heteroatoms. The van der Waals surface area contributed by atoms with Gasteiger partial charge >= 0.3 is 0 Å². The van der Waals surface area contributed by atoms with Crippen LogP contribution in [-0.4, -0.2) is 53.3 Å². The van der Waals surface area contributed by atoms with E-state index in [0.29, 0.717) is 18.2 Å². The van der Waals surface area contributed by atoms with Crippen molar-refractivity contribution in [1.82, 2.24) is 9.88 Å². The zero-order chi connectivity index (χ0) is 14.5. The largest absolute Gasteiger partial charge is 0.392 e. The maximum Gasteiger partial charge on any atom is 0.146 e. The smallest absolute Gasteiger partial charge is 0.146 e. The van der Waals surface area contributed by atoms with Crippen LogP contribution in [0.5, 0.6) is 0 Å². The molecule has 0 unspecified atom stereocenters. The van der Waals surface area contributed by atoms with Crippen molar-refractivity contribution in [1.29, 1.82) is 5.26 Å². The molecule has 1 fully saturated rings. The maximum atomic E-state index is 9.57. The summed E-state index contributed by atoms with van der Waals surface area (Å²) in [5, 5.41) is 18.8. The van der Waals surface area contributed by atoms with E-state index < -0.39 is 0 Å². The number of nitrogens with zero attached hydrogens (tertiary/aromatic N) is 4. The highest BCUT2D eigenvalue weighted by Gasteiger charge is 2.27. The molecule has 0 aliphatic carbocycles. The molecule has 5 nitrogen and oxygen atoms in total. The topological polar surface area (TPSA) is 63.4 Å². The summed E-state index contributed by atoms with van der Waals surface area (Å²) in [6.07, 6.45) is 2.46. The number of aliphatic hydroxyl groups is 1. The molecule has 0 spiro atoms. The van der Waals surface area contributed by atoms with Gasteiger partial charge in [-0.3, -0.25) is 4.90 Å². The molecule has 1 saturated heterocycles. The van der Waals surface area contributed by atoms with Crippen molar-refractivity contribution in [3.63, 3.8) is 0 Å². The van der Waals surface area contributed by atoms with Gasteiger partial charge < -0.3 is 10.0 Å². The van der Waals surface area contributed by atoms with E-state index in [1.54, 1.807) is 12.3 Å². The molecule has 1 N–H and O–H groups in total. The molecular weight excluding hydrogens is 252 g/mol. The highest BCUT2D eigenvalue weighted by molar-refractivity contribution is 5.53. The molecule has 20 heavy (non-hydrogen) atoms. The Kier molecular flexibility index (Phi) is 4.94. The van der Waals surface area contributed by atoms with Crippen molar-refractivity contribution < 1.29 is 5.11 Å². The van der Waals surface area contributed by atoms with Crippen molar-refractivity contribution in [2.75, 3.05) is 31.1 Å². The molecule has 108 valence electrons. The lowest BCUT2D eigenvalue weighted by Gasteiger charge is -2.42. The van der Waals surface area contributed by atoms with Crippen LogP contribution in [-0.2, 0) is 0 Å². The molecule has 1 aliphatic heterocycles. The first-order chi connectivity index (χ1) is 9.65. The van der Waals surface area contributed by atoms with Crippen LogP contribution in [0.1, 0.15) is 25.8 Å². The van der Waals surface area contributed by atoms with Gasteiger partial charge in [0.15, 0.2) is 0 Å². The van der Waals surface area contributed by atoms with E-state index in [-0.39, 0.29) is 6.10 Å². The zero-order valence-electron chi connectivity index (χ0n) is 12.2. The Labute approximate surface area is 120 Å². The van der Waals surface area contributed by atoms with Gasteiger partial charge in [0, 0.05) is 38.4 Å². The number of pyridine rings is 1. The number of piperazine rings is 1. The van der Waals surface area contributed by atoms with E-state index in [1.807, 2.05) is 13.0 Å². The SMILES string of the molecule is CC[C@@H]1CN(c2ncccc2C#N)CCN1C[C@@H](C)O. The highest BCUT2D eigenvalue weighted by atomic mass is 16.3. The maximum absolute atomic E-state index is 9.57. The van der Waals surface area contributed by atoms with Crippen LogP contribution in [0, 0.1) is 11.3 Å². The summed E-state index contributed by atoms with van der Waals surface area (Å²) in [6, 6.07) is 6.21. The van der Waals surface area contributed by atoms with Crippen LogP contribution in [0.25, 0.3) is 0 Å². The Balaban J connectivity index is 2.12. The standard InChI is InChI=1S/C15H22N4O/c1-3-14-11-19(8-7-18(14)10-12(2)20)15-13(9-16)5-4-6-17-15/h4-6,12,14,20H,3,7-8,10-11H2,1-2H3/t12-,14-/m1/s1. The van der Waals surface area contributed by atoms with Crippen LogP contribution in [0.3, 0.4) is 0 Å². The van der Waals surface area contributed by atoms with Crippen molar-refractivity contribution in [3.05, 3.63) is 23.9 Å². The summed E-state index contributed by atoms with van der Waals surface area (Å²) in [7, 11) is 0. The first kappa shape index (κ1) is 14.8. The number of anilines is 1. The van der Waals surface area contributed by atoms with Crippen molar-refractivity contribution in [3.8, 4) is 6.07 Å². The third-order valence-corrected chi connectivity index (χ3v) is 3.78. The minimum Gasteiger partial charge on any atom is -0.392 e. The lowest BCUT2D eigenvalue weighted by molar-refractivity contribution is 0.0884. The van der Waals surface area contributed by atoms with Crippen molar-refractivity contribution >= 4 is 5.82 Å². The molecule has 0 radical (unpaired) electrons. The summed E-state index contributed by atoms with van der Waals surface area (Å²) in [5.41, 5.74) is 0.631. The van der Waals surface area contributed by atoms with E-state index >= 15 is 0 Å². The van der Waals surface area contributed by atoms with Gasteiger partial charge in [0.2, 0.25) is 0 Å². The molecule has 2 atom stereocenters. The lowest BCUT2D eigenvalue weighted by atomic mass is 10.1. The fraction of sp³-hybridized carbons (Fsp3) is 0.600. The van der Waals surface area contributed by atoms with Crippen LogP contribution in [0.15, 0.2) is 18.3 Å². The van der Waals surface area contributed by atoms with Gasteiger partial charge in [0.1, 0.15) is 11.9 Å². The highest BCUT2D eigenvalue weighted by Crippen LogP contribution is 2.21. The van der Waals surface area contributed by atoms with E-state index in [4.69, 9.17) is 0 Å². The average molecular weight is 274 g/mol. The van der Waals surface area contributed by atoms with Gasteiger partial charge in [-0.1, -0.05) is 6.92 Å². The molecule has 1 aromatic rings. The molecule has 2 heterocycles. The normalized spacial score (nSPS) is 21.5. The number of aromatic nitrogens is 1. The minimum absolute atomic E-state index is 0.305. The Bertz CT molecular complexity index is 483. The third-order valence-electron chi connectivity index (χ3n) is 3.78. The van der Waals surface area contributed by atoms with E-state index in [0.717, 1.165) is 31.9 Å². The number of rotatable bonds is 4. The Morgan fingerprint density at radius 1 is 1.55 bits per heavy atom. The van der Waals surface area contributed by atoms with Crippen molar-refractivity contribution in [2.45, 2.75) is 32.4 Å². The third kappa shape index (κ3) is 3.27. The van der Waals surface area contributed by atoms with Gasteiger partial charge in [-0.2, -0.15) is 5.26 Å². The number of β-amino-alcohol motifs (C(OH)–C–C–N with tert-alkyl or cyclic N) is 1. The van der Waals surface area contributed by atoms with E-state index in [1.165, 1.54) is 0 Å². The fourth-order valence-electron chi connectivity index (χ4n) is 2.79. The minimum atomic E-state index is -0.305. The van der Waals surface area contributed by atoms with Crippen LogP contribution >= 0.6 is 0 Å². The van der Waals surface area contributed by atoms with Crippen LogP contribution in [0.4, 0.5) is 5.82 Å². The van der Waals surface area contributed by atoms with E-state index in [9.17, 15) is 10.4 Å². The molecule has 0 aromatic carbocycles. The summed E-state index contributed by atoms with van der Waals surface area (Å²) in [4.78, 5) is 8.88. The first-order valence-electron chi connectivity index (χ1n) is 7.17. The number of hydrogen-bond acceptors (Lipinski definition) is 5. The second-order valence-corrected chi connectivity index (χ2v) is 5.34. The van der Waals surface area contributed by atoms with Gasteiger partial charge in [0.25, 0.3) is 0 Å². The molecule has 0 saturated carbocycles. The number of hydrogen-bond donors (Lipinski definition) is 1. The average Bonchev–Trinajstić information content (AvgIpc) is 2.47. The summed E-state index contributed by atoms with van der Waals surface area (Å²) in [6.45, 7) is 7.28. The number of nitriles is 1. The van der Waals surface area contributed by atoms with Gasteiger partial charge in [0.05, 0.1) is 11.7 Å². The van der Waals surface area contributed by atoms with Crippen molar-refractivity contribution in [2.24, 2.45) is 0 Å². The van der Waals surface area contributed by atoms with Crippen LogP contribution in [0.2, 0.25) is 0 Å². The fourth-order valence-corrected chi connectivity index (χ4v) is 2.79. The quantitative estimate of drug-likeness (QED) is 0.895. The van der Waals surface area contributed by atoms with Crippen LogP contribution < -0.4 is 4.90 Å². The summed E-state index contributed by atoms with van der Waals surface area (Å²) < 4.78 is 0. The predicted molar refractivity (Wildman–Crippen MR) is 78.5 cm³/mol. The Morgan fingerprint density at radius 2 is 2.35 bits per heavy atom. The lowest BCUT2D eigenvalue weighted by Crippen LogP contribution is -2.54. The van der Waals surface area contributed by atoms with Gasteiger partial charge in [-0.25, -0.2) is 4.98 Å². The molecule has 0 bridgehead atoms. The Morgan fingerprint density at radius 3 is 3.00 bits per heavy atom. The summed E-state index contributed by atoms with van der Waals surface area (Å²) >= 11 is 0.